The summed E-state index contributed by atoms with van der Waals surface area (Å²) >= 11 is 0. The van der Waals surface area contributed by atoms with Crippen LogP contribution in [0.15, 0.2) is 12.2 Å². The number of carboxylic acids is 1. The largest absolute Gasteiger partial charge is 0.480 e. The first-order valence-corrected chi connectivity index (χ1v) is 10.9. The van der Waals surface area contributed by atoms with Gasteiger partial charge in [0.05, 0.1) is 0 Å². The minimum atomic E-state index is -4.52. The SMILES string of the molecule is NC(=O)CCCCCCC/C=C\CCCCCCC(C(=O)O)S(=O)(=O)O. The van der Waals surface area contributed by atoms with Gasteiger partial charge in [0.1, 0.15) is 0 Å². The Morgan fingerprint density at radius 2 is 1.31 bits per heavy atom. The molecule has 0 saturated heterocycles. The van der Waals surface area contributed by atoms with Crippen molar-refractivity contribution >= 4 is 22.0 Å². The summed E-state index contributed by atoms with van der Waals surface area (Å²) in [7, 11) is -4.52. The minimum absolute atomic E-state index is 0.0521. The van der Waals surface area contributed by atoms with Crippen molar-refractivity contribution in [2.45, 2.75) is 88.7 Å². The van der Waals surface area contributed by atoms with Crippen LogP contribution < -0.4 is 5.73 Å². The predicted octanol–water partition coefficient (Wildman–Crippen LogP) is 3.44. The molecule has 1 amide bonds. The fourth-order valence-corrected chi connectivity index (χ4v) is 3.39. The highest BCUT2D eigenvalue weighted by atomic mass is 32.2. The monoisotopic (exact) mass is 391 g/mol. The van der Waals surface area contributed by atoms with E-state index < -0.39 is 21.3 Å². The molecule has 4 N–H and O–H groups in total. The topological polar surface area (TPSA) is 135 Å². The number of hydrogen-bond donors (Lipinski definition) is 3. The standard InChI is InChI=1S/C18H33NO6S/c19-17(20)15-13-11-9-7-5-3-1-2-4-6-8-10-12-14-16(18(21)22)26(23,24)25/h1-2,16H,3-15H2,(H2,19,20)(H,21,22)(H,23,24,25)/b2-1-. The van der Waals surface area contributed by atoms with Gasteiger partial charge in [-0.1, -0.05) is 50.7 Å². The number of carbonyl (C=O) groups is 2. The number of rotatable bonds is 17. The van der Waals surface area contributed by atoms with Gasteiger partial charge in [0.25, 0.3) is 10.1 Å². The maximum absolute atomic E-state index is 10.9. The van der Waals surface area contributed by atoms with Gasteiger partial charge in [0.2, 0.25) is 5.91 Å². The molecule has 0 aromatic rings. The van der Waals surface area contributed by atoms with Crippen LogP contribution in [0.1, 0.15) is 83.5 Å². The molecule has 0 aliphatic heterocycles. The zero-order chi connectivity index (χ0) is 19.8. The van der Waals surface area contributed by atoms with Gasteiger partial charge in [-0.15, -0.1) is 0 Å². The van der Waals surface area contributed by atoms with Gasteiger partial charge in [-0.25, -0.2) is 0 Å². The summed E-state index contributed by atoms with van der Waals surface area (Å²) in [6, 6.07) is 0. The average Bonchev–Trinajstić information content (AvgIpc) is 2.52. The zero-order valence-electron chi connectivity index (χ0n) is 15.4. The Morgan fingerprint density at radius 3 is 1.77 bits per heavy atom. The highest BCUT2D eigenvalue weighted by Gasteiger charge is 2.29. The summed E-state index contributed by atoms with van der Waals surface area (Å²) in [5.41, 5.74) is 5.08. The highest BCUT2D eigenvalue weighted by Crippen LogP contribution is 2.13. The molecule has 0 heterocycles. The van der Waals surface area contributed by atoms with Gasteiger partial charge in [0.15, 0.2) is 5.25 Å². The molecular formula is C18H33NO6S. The van der Waals surface area contributed by atoms with Gasteiger partial charge >= 0.3 is 5.97 Å². The van der Waals surface area contributed by atoms with Crippen molar-refractivity contribution in [2.75, 3.05) is 0 Å². The molecule has 7 nitrogen and oxygen atoms in total. The maximum Gasteiger partial charge on any atom is 0.324 e. The number of unbranched alkanes of at least 4 members (excludes halogenated alkanes) is 9. The normalized spacial score (nSPS) is 13.1. The lowest BCUT2D eigenvalue weighted by atomic mass is 10.1. The number of nitrogens with two attached hydrogens (primary N) is 1. The lowest BCUT2D eigenvalue weighted by molar-refractivity contribution is -0.136. The molecule has 0 radical (unpaired) electrons. The van der Waals surface area contributed by atoms with Gasteiger partial charge in [-0.2, -0.15) is 8.42 Å². The summed E-state index contributed by atoms with van der Waals surface area (Å²) in [4.78, 5) is 21.3. The highest BCUT2D eigenvalue weighted by molar-refractivity contribution is 7.87. The molecule has 0 aliphatic rings. The van der Waals surface area contributed by atoms with Crippen LogP contribution in [0, 0.1) is 0 Å². The van der Waals surface area contributed by atoms with Gasteiger partial charge in [0, 0.05) is 6.42 Å². The Morgan fingerprint density at radius 1 is 0.846 bits per heavy atom. The third-order valence-corrected chi connectivity index (χ3v) is 5.34. The fraction of sp³-hybridized carbons (Fsp3) is 0.778. The summed E-state index contributed by atoms with van der Waals surface area (Å²) in [5, 5.41) is 7.06. The van der Waals surface area contributed by atoms with Crippen molar-refractivity contribution in [3.63, 3.8) is 0 Å². The van der Waals surface area contributed by atoms with Crippen molar-refractivity contribution in [3.05, 3.63) is 12.2 Å². The van der Waals surface area contributed by atoms with Crippen LogP contribution in [-0.2, 0) is 19.7 Å². The van der Waals surface area contributed by atoms with Crippen molar-refractivity contribution in [1.82, 2.24) is 0 Å². The molecule has 0 bridgehead atoms. The molecule has 0 rings (SSSR count). The number of hydrogen-bond acceptors (Lipinski definition) is 4. The van der Waals surface area contributed by atoms with E-state index in [1.54, 1.807) is 0 Å². The van der Waals surface area contributed by atoms with Crippen molar-refractivity contribution < 1.29 is 27.7 Å². The third kappa shape index (κ3) is 14.9. The molecule has 26 heavy (non-hydrogen) atoms. The van der Waals surface area contributed by atoms with E-state index in [4.69, 9.17) is 15.4 Å². The van der Waals surface area contributed by atoms with Crippen LogP contribution in [0.3, 0.4) is 0 Å². The molecule has 0 saturated carbocycles. The summed E-state index contributed by atoms with van der Waals surface area (Å²) in [6.07, 6.45) is 15.2. The Balaban J connectivity index is 3.48. The zero-order valence-corrected chi connectivity index (χ0v) is 16.3. The maximum atomic E-state index is 10.9. The van der Waals surface area contributed by atoms with Crippen LogP contribution in [0.25, 0.3) is 0 Å². The Bertz CT molecular complexity index is 530. The summed E-state index contributed by atoms with van der Waals surface area (Å²) < 4.78 is 30.7. The molecule has 1 unspecified atom stereocenters. The molecule has 0 spiro atoms. The molecule has 0 aromatic carbocycles. The fourth-order valence-electron chi connectivity index (χ4n) is 2.67. The predicted molar refractivity (Wildman–Crippen MR) is 101 cm³/mol. The first kappa shape index (κ1) is 24.6. The number of aliphatic carboxylic acids is 1. The van der Waals surface area contributed by atoms with E-state index in [0.29, 0.717) is 12.8 Å². The molecular weight excluding hydrogens is 358 g/mol. The lowest BCUT2D eigenvalue weighted by Gasteiger charge is -2.08. The number of allylic oxidation sites excluding steroid dienone is 2. The first-order valence-electron chi connectivity index (χ1n) is 9.37. The Hall–Kier alpha value is -1.41. The second kappa shape index (κ2) is 14.7. The average molecular weight is 392 g/mol. The Kier molecular flexibility index (Phi) is 13.9. The molecule has 0 aromatic heterocycles. The second-order valence-electron chi connectivity index (χ2n) is 6.58. The molecule has 152 valence electrons. The van der Waals surface area contributed by atoms with Gasteiger partial charge < -0.3 is 10.8 Å². The number of carbonyl (C=O) groups excluding carboxylic acids is 1. The third-order valence-electron chi connectivity index (χ3n) is 4.18. The number of carboxylic acid groups (broad SMARTS) is 1. The van der Waals surface area contributed by atoms with Gasteiger partial charge in [-0.3, -0.25) is 14.1 Å². The van der Waals surface area contributed by atoms with E-state index in [1.165, 1.54) is 0 Å². The van der Waals surface area contributed by atoms with E-state index in [-0.39, 0.29) is 12.3 Å². The summed E-state index contributed by atoms with van der Waals surface area (Å²) in [5.74, 6) is -1.73. The van der Waals surface area contributed by atoms with E-state index in [2.05, 4.69) is 12.2 Å². The molecule has 8 heteroatoms. The van der Waals surface area contributed by atoms with Crippen LogP contribution in [0.2, 0.25) is 0 Å². The number of amides is 1. The molecule has 0 aliphatic carbocycles. The number of primary amides is 1. The van der Waals surface area contributed by atoms with Crippen LogP contribution in [0.5, 0.6) is 0 Å². The van der Waals surface area contributed by atoms with Crippen molar-refractivity contribution in [2.24, 2.45) is 5.73 Å². The van der Waals surface area contributed by atoms with Crippen molar-refractivity contribution in [1.29, 1.82) is 0 Å². The minimum Gasteiger partial charge on any atom is -0.480 e. The second-order valence-corrected chi connectivity index (χ2v) is 8.18. The van der Waals surface area contributed by atoms with Gasteiger partial charge in [-0.05, 0) is 38.5 Å². The first-order chi connectivity index (χ1) is 12.2. The Labute approximate surface area is 156 Å². The molecule has 0 fully saturated rings. The van der Waals surface area contributed by atoms with E-state index >= 15 is 0 Å². The van der Waals surface area contributed by atoms with Crippen LogP contribution >= 0.6 is 0 Å². The smallest absolute Gasteiger partial charge is 0.324 e. The van der Waals surface area contributed by atoms with E-state index in [1.807, 2.05) is 0 Å². The molecule has 1 atom stereocenters. The van der Waals surface area contributed by atoms with E-state index in [0.717, 1.165) is 64.2 Å². The van der Waals surface area contributed by atoms with Crippen LogP contribution in [0.4, 0.5) is 0 Å². The lowest BCUT2D eigenvalue weighted by Crippen LogP contribution is -2.29. The van der Waals surface area contributed by atoms with Crippen LogP contribution in [-0.4, -0.2) is 35.2 Å². The van der Waals surface area contributed by atoms with E-state index in [9.17, 15) is 18.0 Å². The summed E-state index contributed by atoms with van der Waals surface area (Å²) in [6.45, 7) is 0. The quantitative estimate of drug-likeness (QED) is 0.197. The van der Waals surface area contributed by atoms with Crippen molar-refractivity contribution in [3.8, 4) is 0 Å².